The van der Waals surface area contributed by atoms with Crippen LogP contribution in [0, 0.1) is 5.41 Å². The highest BCUT2D eigenvalue weighted by atomic mass is 32.2. The SMILES string of the molecule is N=c1scc(-c2ccc(Oc3ccccc3)cc2)n1CCCS(=O)(=O)O. The van der Waals surface area contributed by atoms with Gasteiger partial charge in [0.15, 0.2) is 4.80 Å². The average Bonchev–Trinajstić information content (AvgIpc) is 2.96. The van der Waals surface area contributed by atoms with Crippen LogP contribution < -0.4 is 9.54 Å². The van der Waals surface area contributed by atoms with Gasteiger partial charge in [0.2, 0.25) is 0 Å². The van der Waals surface area contributed by atoms with Crippen molar-refractivity contribution >= 4 is 21.5 Å². The Kier molecular flexibility index (Phi) is 5.55. The van der Waals surface area contributed by atoms with E-state index >= 15 is 0 Å². The predicted molar refractivity (Wildman–Crippen MR) is 101 cm³/mol. The molecule has 0 amide bonds. The van der Waals surface area contributed by atoms with Crippen LogP contribution in [0.25, 0.3) is 11.3 Å². The van der Waals surface area contributed by atoms with Crippen LogP contribution in [-0.4, -0.2) is 23.3 Å². The van der Waals surface area contributed by atoms with Gasteiger partial charge in [0.05, 0.1) is 11.4 Å². The summed E-state index contributed by atoms with van der Waals surface area (Å²) in [5, 5.41) is 9.87. The van der Waals surface area contributed by atoms with Crippen molar-refractivity contribution in [1.82, 2.24) is 4.57 Å². The Morgan fingerprint density at radius 2 is 1.69 bits per heavy atom. The van der Waals surface area contributed by atoms with E-state index in [4.69, 9.17) is 14.7 Å². The summed E-state index contributed by atoms with van der Waals surface area (Å²) in [6, 6.07) is 17.0. The van der Waals surface area contributed by atoms with Crippen LogP contribution in [-0.2, 0) is 16.7 Å². The molecule has 0 radical (unpaired) electrons. The fraction of sp³-hybridized carbons (Fsp3) is 0.167. The zero-order valence-electron chi connectivity index (χ0n) is 13.8. The predicted octanol–water partition coefficient (Wildman–Crippen LogP) is 3.77. The summed E-state index contributed by atoms with van der Waals surface area (Å²) in [4.78, 5) is 0.333. The highest BCUT2D eigenvalue weighted by Crippen LogP contribution is 2.26. The molecule has 0 unspecified atom stereocenters. The zero-order chi connectivity index (χ0) is 18.6. The molecule has 0 aliphatic carbocycles. The van der Waals surface area contributed by atoms with E-state index in [-0.39, 0.29) is 12.2 Å². The Bertz CT molecular complexity index is 1020. The molecule has 0 spiro atoms. The van der Waals surface area contributed by atoms with E-state index < -0.39 is 10.1 Å². The lowest BCUT2D eigenvalue weighted by atomic mass is 10.1. The first kappa shape index (κ1) is 18.4. The first-order chi connectivity index (χ1) is 12.4. The number of rotatable bonds is 7. The number of thiazole rings is 1. The normalized spacial score (nSPS) is 11.4. The molecule has 0 saturated carbocycles. The van der Waals surface area contributed by atoms with Crippen LogP contribution in [0.5, 0.6) is 11.5 Å². The van der Waals surface area contributed by atoms with Gasteiger partial charge in [-0.25, -0.2) is 0 Å². The molecule has 26 heavy (non-hydrogen) atoms. The van der Waals surface area contributed by atoms with E-state index in [1.807, 2.05) is 60.0 Å². The van der Waals surface area contributed by atoms with Crippen LogP contribution in [0.4, 0.5) is 0 Å². The summed E-state index contributed by atoms with van der Waals surface area (Å²) in [5.41, 5.74) is 1.74. The van der Waals surface area contributed by atoms with E-state index in [0.29, 0.717) is 17.1 Å². The monoisotopic (exact) mass is 390 g/mol. The number of aromatic nitrogens is 1. The maximum absolute atomic E-state index is 10.9. The van der Waals surface area contributed by atoms with Gasteiger partial charge in [-0.2, -0.15) is 8.42 Å². The number of benzene rings is 2. The molecule has 1 heterocycles. The summed E-state index contributed by atoms with van der Waals surface area (Å²) < 4.78 is 38.1. The van der Waals surface area contributed by atoms with E-state index in [1.54, 1.807) is 4.57 Å². The van der Waals surface area contributed by atoms with Gasteiger partial charge in [-0.15, -0.1) is 11.3 Å². The Balaban J connectivity index is 1.76. The summed E-state index contributed by atoms with van der Waals surface area (Å²) in [7, 11) is -3.99. The fourth-order valence-electron chi connectivity index (χ4n) is 2.52. The van der Waals surface area contributed by atoms with Gasteiger partial charge < -0.3 is 9.30 Å². The standard InChI is InChI=1S/C18H18N2O4S2/c19-18-20(11-4-12-26(21,22)23)17(13-25-18)14-7-9-16(10-8-14)24-15-5-2-1-3-6-15/h1-3,5-10,13,19H,4,11-12H2,(H,21,22,23). The van der Waals surface area contributed by atoms with Gasteiger partial charge in [-0.3, -0.25) is 9.96 Å². The Labute approximate surface area is 155 Å². The topological polar surface area (TPSA) is 92.4 Å². The summed E-state index contributed by atoms with van der Waals surface area (Å²) in [5.74, 6) is 1.14. The third-order valence-corrected chi connectivity index (χ3v) is 5.32. The molecule has 3 rings (SSSR count). The lowest BCUT2D eigenvalue weighted by Crippen LogP contribution is -2.17. The number of nitrogens with zero attached hydrogens (tertiary/aromatic N) is 1. The van der Waals surface area contributed by atoms with Gasteiger partial charge in [0.1, 0.15) is 11.5 Å². The molecule has 8 heteroatoms. The van der Waals surface area contributed by atoms with Crippen molar-refractivity contribution in [3.63, 3.8) is 0 Å². The Morgan fingerprint density at radius 1 is 1.04 bits per heavy atom. The van der Waals surface area contributed by atoms with E-state index in [9.17, 15) is 8.42 Å². The third kappa shape index (κ3) is 4.81. The summed E-state index contributed by atoms with van der Waals surface area (Å²) >= 11 is 1.28. The number of hydrogen-bond donors (Lipinski definition) is 2. The molecule has 0 aliphatic heterocycles. The van der Waals surface area contributed by atoms with Crippen molar-refractivity contribution in [3.05, 3.63) is 64.8 Å². The van der Waals surface area contributed by atoms with E-state index in [0.717, 1.165) is 17.0 Å². The molecule has 2 aromatic carbocycles. The molecule has 1 aromatic heterocycles. The number of ether oxygens (including phenoxy) is 1. The van der Waals surface area contributed by atoms with Crippen molar-refractivity contribution in [2.45, 2.75) is 13.0 Å². The summed E-state index contributed by atoms with van der Waals surface area (Å²) in [6.45, 7) is 0.347. The molecule has 136 valence electrons. The summed E-state index contributed by atoms with van der Waals surface area (Å²) in [6.07, 6.45) is 0.244. The van der Waals surface area contributed by atoms with Crippen molar-refractivity contribution < 1.29 is 17.7 Å². The molecule has 0 aliphatic rings. The maximum atomic E-state index is 10.9. The van der Waals surface area contributed by atoms with Crippen LogP contribution in [0.15, 0.2) is 60.0 Å². The lowest BCUT2D eigenvalue weighted by molar-refractivity contribution is 0.477. The lowest BCUT2D eigenvalue weighted by Gasteiger charge is -2.10. The molecule has 0 saturated heterocycles. The minimum Gasteiger partial charge on any atom is -0.457 e. The van der Waals surface area contributed by atoms with Crippen LogP contribution in [0.2, 0.25) is 0 Å². The number of nitrogens with one attached hydrogen (secondary N) is 1. The fourth-order valence-corrected chi connectivity index (χ4v) is 3.81. The average molecular weight is 390 g/mol. The molecule has 0 fully saturated rings. The van der Waals surface area contributed by atoms with Gasteiger partial charge in [0, 0.05) is 11.9 Å². The van der Waals surface area contributed by atoms with E-state index in [1.165, 1.54) is 11.3 Å². The second kappa shape index (κ2) is 7.86. The first-order valence-corrected chi connectivity index (χ1v) is 10.4. The molecular weight excluding hydrogens is 372 g/mol. The quantitative estimate of drug-likeness (QED) is 0.601. The van der Waals surface area contributed by atoms with E-state index in [2.05, 4.69) is 0 Å². The highest BCUT2D eigenvalue weighted by molar-refractivity contribution is 7.85. The van der Waals surface area contributed by atoms with Crippen molar-refractivity contribution in [2.24, 2.45) is 0 Å². The van der Waals surface area contributed by atoms with Crippen LogP contribution >= 0.6 is 11.3 Å². The largest absolute Gasteiger partial charge is 0.457 e. The van der Waals surface area contributed by atoms with Crippen molar-refractivity contribution in [2.75, 3.05) is 5.75 Å². The van der Waals surface area contributed by atoms with Gasteiger partial charge >= 0.3 is 0 Å². The van der Waals surface area contributed by atoms with Gasteiger partial charge in [-0.1, -0.05) is 18.2 Å². The molecular formula is C18H18N2O4S2. The van der Waals surface area contributed by atoms with Gasteiger partial charge in [-0.05, 0) is 48.4 Å². The maximum Gasteiger partial charge on any atom is 0.264 e. The second-order valence-corrected chi connectivity index (χ2v) is 8.09. The van der Waals surface area contributed by atoms with Gasteiger partial charge in [0.25, 0.3) is 10.1 Å². The molecule has 6 nitrogen and oxygen atoms in total. The van der Waals surface area contributed by atoms with Crippen LogP contribution in [0.1, 0.15) is 6.42 Å². The smallest absolute Gasteiger partial charge is 0.264 e. The van der Waals surface area contributed by atoms with Crippen LogP contribution in [0.3, 0.4) is 0 Å². The second-order valence-electron chi connectivity index (χ2n) is 5.66. The first-order valence-electron chi connectivity index (χ1n) is 7.94. The Morgan fingerprint density at radius 3 is 2.35 bits per heavy atom. The Hall–Kier alpha value is -2.42. The minimum atomic E-state index is -3.99. The highest BCUT2D eigenvalue weighted by Gasteiger charge is 2.10. The number of para-hydroxylation sites is 1. The molecule has 0 atom stereocenters. The molecule has 3 aromatic rings. The zero-order valence-corrected chi connectivity index (χ0v) is 15.5. The van der Waals surface area contributed by atoms with Crippen molar-refractivity contribution in [3.8, 4) is 22.8 Å². The molecule has 0 bridgehead atoms. The number of hydrogen-bond acceptors (Lipinski definition) is 5. The molecule has 2 N–H and O–H groups in total. The third-order valence-electron chi connectivity index (χ3n) is 3.73. The minimum absolute atomic E-state index is 0.244. The van der Waals surface area contributed by atoms with Crippen molar-refractivity contribution in [1.29, 1.82) is 5.41 Å².